The number of hydrogen-bond acceptors (Lipinski definition) is 3. The van der Waals surface area contributed by atoms with Gasteiger partial charge in [0.05, 0.1) is 11.0 Å². The predicted octanol–water partition coefficient (Wildman–Crippen LogP) is 18.8. The average molecular weight is 858 g/mol. The van der Waals surface area contributed by atoms with E-state index in [0.717, 1.165) is 0 Å². The summed E-state index contributed by atoms with van der Waals surface area (Å²) in [5, 5.41) is 4.88. The second kappa shape index (κ2) is 16.8. The molecular weight excluding hydrogens is 795 g/mol. The highest BCUT2D eigenvalue weighted by Crippen LogP contribution is 2.56. The van der Waals surface area contributed by atoms with Crippen LogP contribution in [0.1, 0.15) is 142 Å². The molecule has 0 aliphatic heterocycles. The molecule has 4 heterocycles. The normalized spacial score (nSPS) is 13.7. The van der Waals surface area contributed by atoms with Gasteiger partial charge in [-0.1, -0.05) is 143 Å². The number of rotatable bonds is 14. The van der Waals surface area contributed by atoms with Crippen molar-refractivity contribution in [2.24, 2.45) is 0 Å². The van der Waals surface area contributed by atoms with Crippen LogP contribution in [0, 0.1) is 0 Å². The zero-order chi connectivity index (χ0) is 42.5. The molecule has 4 aromatic heterocycles. The van der Waals surface area contributed by atoms with Gasteiger partial charge in [0.2, 0.25) is 0 Å². The van der Waals surface area contributed by atoms with Gasteiger partial charge in [-0.05, 0) is 141 Å². The molecule has 61 heavy (non-hydrogen) atoms. The summed E-state index contributed by atoms with van der Waals surface area (Å²) in [5.41, 5.74) is 14.1. The largest absolute Gasteiger partial charge is 0.309 e. The molecule has 4 aromatic carbocycles. The predicted molar refractivity (Wildman–Crippen MR) is 272 cm³/mol. The SMILES string of the molecule is CCCCCCC1(CCCCCC)c2cc(-c3ccc(-c4ccc(-c5cccs5)s4)s3)ccc2-c2ccc(-n3c4ccc(C(C)(C)C)cc4c4cc(C(C)(C)C)ccc43)cc21. The van der Waals surface area contributed by atoms with Crippen LogP contribution in [0.15, 0.2) is 115 Å². The molecule has 0 bridgehead atoms. The first-order valence-electron chi connectivity index (χ1n) is 23.0. The Morgan fingerprint density at radius 1 is 0.492 bits per heavy atom. The number of benzene rings is 4. The van der Waals surface area contributed by atoms with Gasteiger partial charge in [0, 0.05) is 46.3 Å². The van der Waals surface area contributed by atoms with Crippen LogP contribution in [0.25, 0.3) is 68.6 Å². The van der Waals surface area contributed by atoms with Crippen LogP contribution in [-0.2, 0) is 16.2 Å². The Balaban J connectivity index is 1.19. The van der Waals surface area contributed by atoms with Crippen LogP contribution in [0.4, 0.5) is 0 Å². The fourth-order valence-corrected chi connectivity index (χ4v) is 13.0. The molecule has 0 radical (unpaired) electrons. The van der Waals surface area contributed by atoms with E-state index in [0.29, 0.717) is 0 Å². The van der Waals surface area contributed by atoms with E-state index in [-0.39, 0.29) is 16.2 Å². The number of nitrogens with zero attached hydrogens (tertiary/aromatic N) is 1. The summed E-state index contributed by atoms with van der Waals surface area (Å²) in [6, 6.07) is 43.3. The van der Waals surface area contributed by atoms with E-state index in [2.05, 4.69) is 175 Å². The van der Waals surface area contributed by atoms with Crippen LogP contribution >= 0.6 is 34.0 Å². The smallest absolute Gasteiger partial charge is 0.0541 e. The maximum Gasteiger partial charge on any atom is 0.0541 e. The summed E-state index contributed by atoms with van der Waals surface area (Å²) >= 11 is 5.68. The molecule has 1 aliphatic rings. The van der Waals surface area contributed by atoms with Crippen molar-refractivity contribution in [2.75, 3.05) is 0 Å². The maximum absolute atomic E-state index is 2.63. The van der Waals surface area contributed by atoms with Crippen LogP contribution in [0.5, 0.6) is 0 Å². The van der Waals surface area contributed by atoms with Gasteiger partial charge in [-0.25, -0.2) is 0 Å². The highest BCUT2D eigenvalue weighted by Gasteiger charge is 2.43. The second-order valence-electron chi connectivity index (χ2n) is 19.8. The van der Waals surface area contributed by atoms with Gasteiger partial charge in [-0.15, -0.1) is 34.0 Å². The minimum absolute atomic E-state index is 0.0286. The topological polar surface area (TPSA) is 4.93 Å². The number of thiophene rings is 3. The number of hydrogen-bond donors (Lipinski definition) is 0. The van der Waals surface area contributed by atoms with Crippen molar-refractivity contribution in [3.63, 3.8) is 0 Å². The third-order valence-electron chi connectivity index (χ3n) is 13.5. The first kappa shape index (κ1) is 42.1. The molecule has 0 saturated carbocycles. The molecule has 0 unspecified atom stereocenters. The van der Waals surface area contributed by atoms with E-state index in [1.54, 1.807) is 11.1 Å². The van der Waals surface area contributed by atoms with Gasteiger partial charge >= 0.3 is 0 Å². The molecule has 0 spiro atoms. The lowest BCUT2D eigenvalue weighted by Crippen LogP contribution is -2.26. The van der Waals surface area contributed by atoms with Crippen molar-refractivity contribution in [1.29, 1.82) is 0 Å². The van der Waals surface area contributed by atoms with Gasteiger partial charge in [-0.3, -0.25) is 0 Å². The fraction of sp³-hybridized carbons (Fsp3) is 0.368. The first-order valence-corrected chi connectivity index (χ1v) is 25.5. The minimum atomic E-state index is -0.0286. The maximum atomic E-state index is 2.63. The number of fused-ring (bicyclic) bond motifs is 6. The van der Waals surface area contributed by atoms with Gasteiger partial charge in [-0.2, -0.15) is 0 Å². The van der Waals surface area contributed by atoms with E-state index < -0.39 is 0 Å². The summed E-state index contributed by atoms with van der Waals surface area (Å²) in [6.45, 7) is 18.7. The molecule has 0 fully saturated rings. The molecule has 4 heteroatoms. The molecule has 8 aromatic rings. The van der Waals surface area contributed by atoms with Crippen molar-refractivity contribution in [3.8, 4) is 46.8 Å². The molecular formula is C57H63NS3. The monoisotopic (exact) mass is 857 g/mol. The Bertz CT molecular complexity index is 2720. The standard InChI is InChI=1S/C57H63NS3/c1-9-11-13-15-31-57(32-16-14-12-10-2)46-34-38(50-27-28-53(60-50)54-30-29-52(61-54)51-18-17-33-59-51)19-23-42(46)43-24-22-41(37-47(43)57)58-48-25-20-39(55(3,4)5)35-44(48)45-36-40(56(6,7)8)21-26-49(45)58/h17-30,33-37H,9-16,31-32H2,1-8H3. The third kappa shape index (κ3) is 7.91. The molecule has 0 saturated heterocycles. The molecule has 1 aliphatic carbocycles. The molecule has 0 atom stereocenters. The molecule has 9 rings (SSSR count). The zero-order valence-electron chi connectivity index (χ0n) is 37.7. The van der Waals surface area contributed by atoms with Crippen molar-refractivity contribution in [2.45, 2.75) is 136 Å². The Kier molecular flexibility index (Phi) is 11.6. The Morgan fingerprint density at radius 3 is 1.56 bits per heavy atom. The van der Waals surface area contributed by atoms with E-state index in [1.807, 2.05) is 34.0 Å². The third-order valence-corrected chi connectivity index (χ3v) is 17.0. The lowest BCUT2D eigenvalue weighted by atomic mass is 9.70. The number of aromatic nitrogens is 1. The first-order chi connectivity index (χ1) is 29.4. The van der Waals surface area contributed by atoms with E-state index in [1.165, 1.54) is 144 Å². The summed E-state index contributed by atoms with van der Waals surface area (Å²) < 4.78 is 2.58. The van der Waals surface area contributed by atoms with Crippen molar-refractivity contribution in [1.82, 2.24) is 4.57 Å². The van der Waals surface area contributed by atoms with Crippen molar-refractivity contribution < 1.29 is 0 Å². The van der Waals surface area contributed by atoms with Crippen LogP contribution in [-0.4, -0.2) is 4.57 Å². The van der Waals surface area contributed by atoms with Gasteiger partial charge in [0.15, 0.2) is 0 Å². The summed E-state index contributed by atoms with van der Waals surface area (Å²) in [5.74, 6) is 0. The highest BCUT2D eigenvalue weighted by molar-refractivity contribution is 7.27. The molecule has 0 N–H and O–H groups in total. The summed E-state index contributed by atoms with van der Waals surface area (Å²) in [6.07, 6.45) is 12.6. The van der Waals surface area contributed by atoms with Crippen LogP contribution in [0.3, 0.4) is 0 Å². The minimum Gasteiger partial charge on any atom is -0.309 e. The molecule has 314 valence electrons. The lowest BCUT2D eigenvalue weighted by molar-refractivity contribution is 0.401. The van der Waals surface area contributed by atoms with Gasteiger partial charge in [0.25, 0.3) is 0 Å². The lowest BCUT2D eigenvalue weighted by Gasteiger charge is -2.33. The zero-order valence-corrected chi connectivity index (χ0v) is 40.2. The van der Waals surface area contributed by atoms with Crippen molar-refractivity contribution >= 4 is 55.8 Å². The Hall–Kier alpha value is -4.22. The highest BCUT2D eigenvalue weighted by atomic mass is 32.1. The Labute approximate surface area is 377 Å². The van der Waals surface area contributed by atoms with Gasteiger partial charge < -0.3 is 4.57 Å². The second-order valence-corrected chi connectivity index (χ2v) is 22.9. The van der Waals surface area contributed by atoms with Crippen LogP contribution < -0.4 is 0 Å². The van der Waals surface area contributed by atoms with E-state index in [9.17, 15) is 0 Å². The van der Waals surface area contributed by atoms with Gasteiger partial charge in [0.1, 0.15) is 0 Å². The quantitative estimate of drug-likeness (QED) is 0.0960. The molecule has 1 nitrogen and oxygen atoms in total. The van der Waals surface area contributed by atoms with E-state index in [4.69, 9.17) is 0 Å². The van der Waals surface area contributed by atoms with Crippen LogP contribution in [0.2, 0.25) is 0 Å². The van der Waals surface area contributed by atoms with Crippen molar-refractivity contribution in [3.05, 3.63) is 137 Å². The summed E-state index contributed by atoms with van der Waals surface area (Å²) in [7, 11) is 0. The average Bonchev–Trinajstić information content (AvgIpc) is 4.10. The van der Waals surface area contributed by atoms with E-state index >= 15 is 0 Å². The fourth-order valence-electron chi connectivity index (χ4n) is 10.0. The molecule has 0 amide bonds. The summed E-state index contributed by atoms with van der Waals surface area (Å²) in [4.78, 5) is 6.79. The number of unbranched alkanes of at least 4 members (excludes halogenated alkanes) is 6. The Morgan fingerprint density at radius 2 is 1.02 bits per heavy atom.